The van der Waals surface area contributed by atoms with Crippen molar-refractivity contribution in [3.63, 3.8) is 0 Å². The molecule has 1 aliphatic heterocycles. The number of hydrogen-bond acceptors (Lipinski definition) is 2. The number of benzene rings is 2. The largest absolute Gasteiger partial charge is 0.314 e. The van der Waals surface area contributed by atoms with E-state index in [2.05, 4.69) is 90.6 Å². The monoisotopic (exact) mass is 408 g/mol. The lowest BCUT2D eigenvalue weighted by molar-refractivity contribution is 0.198. The third-order valence-corrected chi connectivity index (χ3v) is 5.10. The molecule has 4 heteroatoms. The first-order valence-electron chi connectivity index (χ1n) is 7.20. The van der Waals surface area contributed by atoms with Gasteiger partial charge in [0.2, 0.25) is 0 Å². The summed E-state index contributed by atoms with van der Waals surface area (Å²) in [6.45, 7) is 4.24. The van der Waals surface area contributed by atoms with Crippen LogP contribution in [0.2, 0.25) is 0 Å². The van der Waals surface area contributed by atoms with Crippen molar-refractivity contribution in [3.05, 3.63) is 68.6 Å². The Hall–Kier alpha value is -0.680. The Morgan fingerprint density at radius 1 is 0.952 bits per heavy atom. The molecule has 3 rings (SSSR count). The van der Waals surface area contributed by atoms with Gasteiger partial charge in [-0.2, -0.15) is 0 Å². The smallest absolute Gasteiger partial charge is 0.0614 e. The molecule has 0 radical (unpaired) electrons. The SMILES string of the molecule is Brc1cccc(C(c2ccccc2Br)N2CCNCC2)c1. The summed E-state index contributed by atoms with van der Waals surface area (Å²) in [6.07, 6.45) is 0. The zero-order valence-electron chi connectivity index (χ0n) is 11.7. The highest BCUT2D eigenvalue weighted by atomic mass is 79.9. The van der Waals surface area contributed by atoms with Crippen molar-refractivity contribution in [1.82, 2.24) is 10.2 Å². The maximum absolute atomic E-state index is 3.73. The number of rotatable bonds is 3. The summed E-state index contributed by atoms with van der Waals surface area (Å²) in [6, 6.07) is 17.5. The fraction of sp³-hybridized carbons (Fsp3) is 0.294. The quantitative estimate of drug-likeness (QED) is 0.816. The molecule has 2 nitrogen and oxygen atoms in total. The number of piperazine rings is 1. The van der Waals surface area contributed by atoms with Crippen LogP contribution in [0.25, 0.3) is 0 Å². The molecule has 0 bridgehead atoms. The van der Waals surface area contributed by atoms with Crippen molar-refractivity contribution < 1.29 is 0 Å². The van der Waals surface area contributed by atoms with Gasteiger partial charge in [-0.3, -0.25) is 4.90 Å². The molecule has 110 valence electrons. The highest BCUT2D eigenvalue weighted by molar-refractivity contribution is 9.10. The Morgan fingerprint density at radius 2 is 1.71 bits per heavy atom. The van der Waals surface area contributed by atoms with E-state index in [0.29, 0.717) is 6.04 Å². The Labute approximate surface area is 142 Å². The number of halogens is 2. The van der Waals surface area contributed by atoms with Gasteiger partial charge in [-0.05, 0) is 29.3 Å². The fourth-order valence-electron chi connectivity index (χ4n) is 2.90. The van der Waals surface area contributed by atoms with Gasteiger partial charge in [0.05, 0.1) is 6.04 Å². The Kier molecular flexibility index (Phi) is 5.11. The molecule has 2 aromatic rings. The summed E-state index contributed by atoms with van der Waals surface area (Å²) in [7, 11) is 0. The minimum absolute atomic E-state index is 0.292. The van der Waals surface area contributed by atoms with Crippen LogP contribution < -0.4 is 5.32 Å². The topological polar surface area (TPSA) is 15.3 Å². The first-order chi connectivity index (χ1) is 10.3. The predicted molar refractivity (Wildman–Crippen MR) is 94.6 cm³/mol. The summed E-state index contributed by atoms with van der Waals surface area (Å²) < 4.78 is 2.31. The summed E-state index contributed by atoms with van der Waals surface area (Å²) in [5, 5.41) is 3.44. The van der Waals surface area contributed by atoms with Crippen molar-refractivity contribution in [1.29, 1.82) is 0 Å². The second-order valence-electron chi connectivity index (χ2n) is 5.27. The lowest BCUT2D eigenvalue weighted by Crippen LogP contribution is -2.45. The summed E-state index contributed by atoms with van der Waals surface area (Å²) in [5.41, 5.74) is 2.66. The predicted octanol–water partition coefficient (Wildman–Crippen LogP) is 4.21. The molecule has 0 spiro atoms. The van der Waals surface area contributed by atoms with Crippen molar-refractivity contribution in [2.45, 2.75) is 6.04 Å². The van der Waals surface area contributed by atoms with E-state index < -0.39 is 0 Å². The second-order valence-corrected chi connectivity index (χ2v) is 7.04. The fourth-order valence-corrected chi connectivity index (χ4v) is 3.82. The van der Waals surface area contributed by atoms with E-state index in [-0.39, 0.29) is 0 Å². The van der Waals surface area contributed by atoms with Crippen molar-refractivity contribution in [2.24, 2.45) is 0 Å². The Balaban J connectivity index is 2.04. The summed E-state index contributed by atoms with van der Waals surface area (Å²) in [5.74, 6) is 0. The van der Waals surface area contributed by atoms with Crippen LogP contribution >= 0.6 is 31.9 Å². The molecule has 21 heavy (non-hydrogen) atoms. The molecule has 2 aromatic carbocycles. The number of nitrogens with one attached hydrogen (secondary N) is 1. The molecule has 1 saturated heterocycles. The maximum atomic E-state index is 3.73. The third-order valence-electron chi connectivity index (χ3n) is 3.88. The van der Waals surface area contributed by atoms with Gasteiger partial charge in [0.1, 0.15) is 0 Å². The molecule has 1 aliphatic rings. The number of nitrogens with zero attached hydrogens (tertiary/aromatic N) is 1. The van der Waals surface area contributed by atoms with Gasteiger partial charge in [0, 0.05) is 35.1 Å². The molecule has 0 aliphatic carbocycles. The van der Waals surface area contributed by atoms with Crippen LogP contribution in [-0.4, -0.2) is 31.1 Å². The van der Waals surface area contributed by atoms with E-state index in [1.54, 1.807) is 0 Å². The van der Waals surface area contributed by atoms with Crippen LogP contribution in [0.3, 0.4) is 0 Å². The third kappa shape index (κ3) is 3.57. The van der Waals surface area contributed by atoms with Crippen LogP contribution in [-0.2, 0) is 0 Å². The molecule has 1 heterocycles. The zero-order chi connectivity index (χ0) is 14.7. The lowest BCUT2D eigenvalue weighted by Gasteiger charge is -2.36. The van der Waals surface area contributed by atoms with Gasteiger partial charge in [-0.25, -0.2) is 0 Å². The van der Waals surface area contributed by atoms with Crippen LogP contribution in [0.5, 0.6) is 0 Å². The minimum atomic E-state index is 0.292. The zero-order valence-corrected chi connectivity index (χ0v) is 14.9. The minimum Gasteiger partial charge on any atom is -0.314 e. The van der Waals surface area contributed by atoms with Gasteiger partial charge in [-0.1, -0.05) is 62.2 Å². The van der Waals surface area contributed by atoms with Crippen molar-refractivity contribution >= 4 is 31.9 Å². The average Bonchev–Trinajstić information content (AvgIpc) is 2.51. The molecular weight excluding hydrogens is 392 g/mol. The molecule has 0 aromatic heterocycles. The van der Waals surface area contributed by atoms with E-state index in [0.717, 1.165) is 30.7 Å². The summed E-state index contributed by atoms with van der Waals surface area (Å²) in [4.78, 5) is 2.55. The Bertz CT molecular complexity index is 609. The second kappa shape index (κ2) is 7.05. The summed E-state index contributed by atoms with van der Waals surface area (Å²) >= 11 is 7.33. The molecule has 1 unspecified atom stereocenters. The van der Waals surface area contributed by atoms with Crippen molar-refractivity contribution in [2.75, 3.05) is 26.2 Å². The first kappa shape index (κ1) is 15.2. The lowest BCUT2D eigenvalue weighted by atomic mass is 9.96. The van der Waals surface area contributed by atoms with Crippen LogP contribution in [0, 0.1) is 0 Å². The van der Waals surface area contributed by atoms with Gasteiger partial charge < -0.3 is 5.32 Å². The van der Waals surface area contributed by atoms with E-state index in [1.165, 1.54) is 15.6 Å². The standard InChI is InChI=1S/C17H18Br2N2/c18-14-5-3-4-13(12-14)17(21-10-8-20-9-11-21)15-6-1-2-7-16(15)19/h1-7,12,17,20H,8-11H2. The average molecular weight is 410 g/mol. The van der Waals surface area contributed by atoms with Crippen LogP contribution in [0.4, 0.5) is 0 Å². The molecule has 1 fully saturated rings. The number of hydrogen-bond donors (Lipinski definition) is 1. The Morgan fingerprint density at radius 3 is 2.43 bits per heavy atom. The molecule has 1 atom stereocenters. The highest BCUT2D eigenvalue weighted by Gasteiger charge is 2.25. The maximum Gasteiger partial charge on any atom is 0.0614 e. The first-order valence-corrected chi connectivity index (χ1v) is 8.79. The van der Waals surface area contributed by atoms with Gasteiger partial charge in [0.25, 0.3) is 0 Å². The molecule has 1 N–H and O–H groups in total. The van der Waals surface area contributed by atoms with Gasteiger partial charge in [0.15, 0.2) is 0 Å². The molecule has 0 saturated carbocycles. The van der Waals surface area contributed by atoms with Gasteiger partial charge >= 0.3 is 0 Å². The molecular formula is C17H18Br2N2. The van der Waals surface area contributed by atoms with E-state index in [1.807, 2.05) is 0 Å². The van der Waals surface area contributed by atoms with Gasteiger partial charge in [-0.15, -0.1) is 0 Å². The highest BCUT2D eigenvalue weighted by Crippen LogP contribution is 2.34. The van der Waals surface area contributed by atoms with Crippen molar-refractivity contribution in [3.8, 4) is 0 Å². The van der Waals surface area contributed by atoms with E-state index >= 15 is 0 Å². The van der Waals surface area contributed by atoms with E-state index in [9.17, 15) is 0 Å². The van der Waals surface area contributed by atoms with Crippen LogP contribution in [0.1, 0.15) is 17.2 Å². The van der Waals surface area contributed by atoms with Crippen LogP contribution in [0.15, 0.2) is 57.5 Å². The normalized spacial score (nSPS) is 17.6. The molecule has 0 amide bonds. The van der Waals surface area contributed by atoms with E-state index in [4.69, 9.17) is 0 Å².